The maximum absolute atomic E-state index is 13.3. The Labute approximate surface area is 176 Å². The summed E-state index contributed by atoms with van der Waals surface area (Å²) in [6.07, 6.45) is 1.40. The minimum absolute atomic E-state index is 0.0257. The van der Waals surface area contributed by atoms with E-state index in [1.807, 2.05) is 13.8 Å². The molecule has 0 aliphatic carbocycles. The van der Waals surface area contributed by atoms with Gasteiger partial charge in [0.2, 0.25) is 0 Å². The molecule has 0 aliphatic heterocycles. The van der Waals surface area contributed by atoms with Crippen molar-refractivity contribution in [1.82, 2.24) is 15.0 Å². The summed E-state index contributed by atoms with van der Waals surface area (Å²) in [6, 6.07) is 13.5. The smallest absolute Gasteiger partial charge is 0.189 e. The van der Waals surface area contributed by atoms with Crippen molar-refractivity contribution in [2.75, 3.05) is 10.6 Å². The second-order valence-electron chi connectivity index (χ2n) is 5.46. The lowest BCUT2D eigenvalue weighted by atomic mass is 10.2. The van der Waals surface area contributed by atoms with E-state index in [9.17, 15) is 4.39 Å². The van der Waals surface area contributed by atoms with E-state index in [-0.39, 0.29) is 5.02 Å². The quantitative estimate of drug-likeness (QED) is 0.400. The number of benzene rings is 2. The molecule has 9 heteroatoms. The first-order chi connectivity index (χ1) is 14.1. The zero-order chi connectivity index (χ0) is 20.8. The normalized spacial score (nSPS) is 10.0. The predicted molar refractivity (Wildman–Crippen MR) is 116 cm³/mol. The maximum atomic E-state index is 13.3. The molecule has 0 saturated heterocycles. The van der Waals surface area contributed by atoms with Crippen LogP contribution in [0, 0.1) is 17.1 Å². The fourth-order valence-corrected chi connectivity index (χ4v) is 3.42. The molecule has 0 aliphatic rings. The third-order valence-electron chi connectivity index (χ3n) is 3.64. The van der Waals surface area contributed by atoms with Gasteiger partial charge in [0.25, 0.3) is 0 Å². The van der Waals surface area contributed by atoms with Crippen LogP contribution in [-0.2, 0) is 0 Å². The number of fused-ring (bicyclic) bond motifs is 1. The van der Waals surface area contributed by atoms with E-state index in [1.54, 1.807) is 30.3 Å². The fraction of sp³-hybridized carbons (Fsp3) is 0.100. The van der Waals surface area contributed by atoms with Gasteiger partial charge >= 0.3 is 0 Å². The number of nitrogens with zero attached hydrogens (tertiary/aromatic N) is 4. The highest BCUT2D eigenvalue weighted by atomic mass is 35.5. The minimum atomic E-state index is -0.484. The number of halogens is 2. The van der Waals surface area contributed by atoms with Gasteiger partial charge in [-0.25, -0.2) is 14.4 Å². The first-order valence-corrected chi connectivity index (χ1v) is 9.92. The Kier molecular flexibility index (Phi) is 6.54. The van der Waals surface area contributed by atoms with Crippen LogP contribution >= 0.6 is 22.9 Å². The summed E-state index contributed by atoms with van der Waals surface area (Å²) in [6.45, 7) is 4.00. The molecule has 0 amide bonds. The monoisotopic (exact) mass is 426 g/mol. The molecule has 6 nitrogen and oxygen atoms in total. The second-order valence-corrected chi connectivity index (χ2v) is 6.87. The molecule has 0 radical (unpaired) electrons. The topological polar surface area (TPSA) is 86.5 Å². The highest BCUT2D eigenvalue weighted by molar-refractivity contribution is 7.22. The average molecular weight is 427 g/mol. The van der Waals surface area contributed by atoms with Gasteiger partial charge in [0.1, 0.15) is 16.8 Å². The van der Waals surface area contributed by atoms with Gasteiger partial charge in [-0.15, -0.1) is 0 Å². The fourth-order valence-electron chi connectivity index (χ4n) is 2.36. The first kappa shape index (κ1) is 20.5. The largest absolute Gasteiger partial charge is 0.339 e. The van der Waals surface area contributed by atoms with Crippen molar-refractivity contribution < 1.29 is 4.39 Å². The summed E-state index contributed by atoms with van der Waals surface area (Å²) in [4.78, 5) is 12.9. The average Bonchev–Trinajstić information content (AvgIpc) is 3.16. The number of anilines is 4. The van der Waals surface area contributed by atoms with Gasteiger partial charge in [-0.05, 0) is 42.5 Å². The molecular formula is C20H16ClFN6S. The van der Waals surface area contributed by atoms with Gasteiger partial charge < -0.3 is 10.6 Å². The summed E-state index contributed by atoms with van der Waals surface area (Å²) < 4.78 is 14.1. The molecule has 0 saturated carbocycles. The zero-order valence-corrected chi connectivity index (χ0v) is 17.1. The van der Waals surface area contributed by atoms with Gasteiger partial charge in [0, 0.05) is 11.4 Å². The number of rotatable bonds is 4. The third kappa shape index (κ3) is 4.77. The van der Waals surface area contributed by atoms with E-state index in [0.717, 1.165) is 10.4 Å². The molecule has 0 fully saturated rings. The number of hydrogen-bond donors (Lipinski definition) is 2. The lowest BCUT2D eigenvalue weighted by molar-refractivity contribution is 0.628. The van der Waals surface area contributed by atoms with Crippen LogP contribution in [-0.4, -0.2) is 15.0 Å². The Morgan fingerprint density at radius 3 is 2.45 bits per heavy atom. The summed E-state index contributed by atoms with van der Waals surface area (Å²) in [5.41, 5.74) is 2.53. The summed E-state index contributed by atoms with van der Waals surface area (Å²) >= 11 is 7.20. The Bertz CT molecular complexity index is 1170. The predicted octanol–water partition coefficient (Wildman–Crippen LogP) is 6.26. The Morgan fingerprint density at radius 2 is 1.76 bits per heavy atom. The minimum Gasteiger partial charge on any atom is -0.339 e. The number of nitriles is 1. The van der Waals surface area contributed by atoms with Gasteiger partial charge in [-0.3, -0.25) is 0 Å². The number of aromatic nitrogens is 3. The Morgan fingerprint density at radius 1 is 1.03 bits per heavy atom. The van der Waals surface area contributed by atoms with Crippen molar-refractivity contribution in [1.29, 1.82) is 5.26 Å². The zero-order valence-electron chi connectivity index (χ0n) is 15.6. The van der Waals surface area contributed by atoms with Crippen LogP contribution in [0.3, 0.4) is 0 Å². The van der Waals surface area contributed by atoms with Crippen LogP contribution in [0.25, 0.3) is 10.3 Å². The summed E-state index contributed by atoms with van der Waals surface area (Å²) in [7, 11) is 0. The SMILES string of the molecule is CC.N#Cc1ccc(Nc2nc3ncnc(Nc4ccc(F)c(Cl)c4)c3s2)cc1. The highest BCUT2D eigenvalue weighted by Crippen LogP contribution is 2.33. The molecule has 0 bridgehead atoms. The number of thiazole rings is 1. The van der Waals surface area contributed by atoms with E-state index in [2.05, 4.69) is 31.7 Å². The highest BCUT2D eigenvalue weighted by Gasteiger charge is 2.12. The summed E-state index contributed by atoms with van der Waals surface area (Å²) in [5.74, 6) is 0.0646. The standard InChI is InChI=1S/C18H10ClFN6S.C2H6/c19-13-7-12(5-6-14(13)20)24-16-15-17(23-9-22-16)26-18(27-15)25-11-3-1-10(8-21)2-4-11;1-2/h1-7,9H,(H2,22,23,24,25,26);1-2H3. The Hall–Kier alpha value is -3.28. The second kappa shape index (κ2) is 9.28. The van der Waals surface area contributed by atoms with Crippen molar-refractivity contribution in [3.05, 3.63) is 65.2 Å². The molecule has 2 aromatic carbocycles. The van der Waals surface area contributed by atoms with E-state index >= 15 is 0 Å². The molecule has 146 valence electrons. The molecule has 2 aromatic heterocycles. The Balaban J connectivity index is 0.00000117. The van der Waals surface area contributed by atoms with Crippen LogP contribution in [0.2, 0.25) is 5.02 Å². The van der Waals surface area contributed by atoms with Gasteiger partial charge in [-0.1, -0.05) is 36.8 Å². The first-order valence-electron chi connectivity index (χ1n) is 8.73. The van der Waals surface area contributed by atoms with Crippen molar-refractivity contribution >= 4 is 55.6 Å². The number of nitrogens with one attached hydrogen (secondary N) is 2. The van der Waals surface area contributed by atoms with E-state index in [1.165, 1.54) is 29.8 Å². The van der Waals surface area contributed by atoms with Crippen molar-refractivity contribution in [3.8, 4) is 6.07 Å². The van der Waals surface area contributed by atoms with E-state index in [0.29, 0.717) is 27.8 Å². The van der Waals surface area contributed by atoms with Crippen molar-refractivity contribution in [2.45, 2.75) is 13.8 Å². The number of hydrogen-bond acceptors (Lipinski definition) is 7. The van der Waals surface area contributed by atoms with Crippen LogP contribution in [0.15, 0.2) is 48.8 Å². The molecule has 4 aromatic rings. The van der Waals surface area contributed by atoms with Gasteiger partial charge in [0.15, 0.2) is 16.6 Å². The summed E-state index contributed by atoms with van der Waals surface area (Å²) in [5, 5.41) is 15.8. The molecular weight excluding hydrogens is 411 g/mol. The van der Waals surface area contributed by atoms with Crippen LogP contribution in [0.5, 0.6) is 0 Å². The van der Waals surface area contributed by atoms with Crippen molar-refractivity contribution in [2.24, 2.45) is 0 Å². The van der Waals surface area contributed by atoms with Crippen molar-refractivity contribution in [3.63, 3.8) is 0 Å². The molecule has 29 heavy (non-hydrogen) atoms. The van der Waals surface area contributed by atoms with E-state index in [4.69, 9.17) is 16.9 Å². The lowest BCUT2D eigenvalue weighted by Crippen LogP contribution is -1.95. The van der Waals surface area contributed by atoms with Crippen LogP contribution in [0.1, 0.15) is 19.4 Å². The molecule has 0 spiro atoms. The molecule has 2 heterocycles. The molecule has 0 unspecified atom stereocenters. The molecule has 4 rings (SSSR count). The van der Waals surface area contributed by atoms with E-state index < -0.39 is 5.82 Å². The van der Waals surface area contributed by atoms with Gasteiger partial charge in [-0.2, -0.15) is 10.2 Å². The lowest BCUT2D eigenvalue weighted by Gasteiger charge is -2.06. The van der Waals surface area contributed by atoms with Crippen LogP contribution < -0.4 is 10.6 Å². The van der Waals surface area contributed by atoms with Gasteiger partial charge in [0.05, 0.1) is 16.7 Å². The van der Waals surface area contributed by atoms with Crippen LogP contribution in [0.4, 0.5) is 26.7 Å². The maximum Gasteiger partial charge on any atom is 0.189 e. The molecule has 0 atom stereocenters. The third-order valence-corrected chi connectivity index (χ3v) is 4.90. The molecule has 2 N–H and O–H groups in total.